The van der Waals surface area contributed by atoms with Gasteiger partial charge in [-0.05, 0) is 42.0 Å². The van der Waals surface area contributed by atoms with Crippen molar-refractivity contribution in [2.45, 2.75) is 0 Å². The smallest absolute Gasteiger partial charge is 0.343 e. The van der Waals surface area contributed by atoms with Crippen molar-refractivity contribution in [2.75, 3.05) is 0 Å². The van der Waals surface area contributed by atoms with Gasteiger partial charge in [-0.3, -0.25) is 0 Å². The maximum absolute atomic E-state index is 13.8. The van der Waals surface area contributed by atoms with Crippen LogP contribution in [0.15, 0.2) is 78.9 Å². The van der Waals surface area contributed by atoms with Gasteiger partial charge in [-0.25, -0.2) is 9.18 Å². The molecule has 0 aliphatic rings. The van der Waals surface area contributed by atoms with Crippen molar-refractivity contribution in [2.24, 2.45) is 0 Å². The fourth-order valence-electron chi connectivity index (χ4n) is 2.39. The lowest BCUT2D eigenvalue weighted by Crippen LogP contribution is -2.07. The summed E-state index contributed by atoms with van der Waals surface area (Å²) in [5.74, 6) is -0.507. The summed E-state index contributed by atoms with van der Waals surface area (Å²) >= 11 is 0. The fourth-order valence-corrected chi connectivity index (χ4v) is 2.39. The van der Waals surface area contributed by atoms with Crippen LogP contribution in [0.3, 0.4) is 0 Å². The van der Waals surface area contributed by atoms with Crippen molar-refractivity contribution in [3.05, 3.63) is 101 Å². The topological polar surface area (TPSA) is 50.1 Å². The minimum absolute atomic E-state index is 0.220. The third-order valence-corrected chi connectivity index (χ3v) is 3.70. The van der Waals surface area contributed by atoms with Gasteiger partial charge in [0.25, 0.3) is 0 Å². The van der Waals surface area contributed by atoms with Crippen molar-refractivity contribution in [1.82, 2.24) is 0 Å². The molecule has 4 heteroatoms. The number of carbonyl (C=O) groups excluding carboxylic acids is 1. The molecule has 0 aliphatic carbocycles. The highest BCUT2D eigenvalue weighted by molar-refractivity contribution is 5.91. The average Bonchev–Trinajstić information content (AvgIpc) is 2.69. The summed E-state index contributed by atoms with van der Waals surface area (Å²) in [6.07, 6.45) is 1.58. The van der Waals surface area contributed by atoms with Gasteiger partial charge >= 0.3 is 5.97 Å². The van der Waals surface area contributed by atoms with Gasteiger partial charge in [0.15, 0.2) is 0 Å². The Morgan fingerprint density at radius 1 is 0.923 bits per heavy atom. The summed E-state index contributed by atoms with van der Waals surface area (Å²) in [6.45, 7) is 0. The predicted molar refractivity (Wildman–Crippen MR) is 97.7 cm³/mol. The molecule has 3 nitrogen and oxygen atoms in total. The van der Waals surface area contributed by atoms with Crippen molar-refractivity contribution in [3.63, 3.8) is 0 Å². The molecule has 0 radical (unpaired) electrons. The molecule has 0 N–H and O–H groups in total. The SMILES string of the molecule is N#C/C(=C/c1ccc(OC(=O)c2ccccc2)cc1)c1ccccc1F. The lowest BCUT2D eigenvalue weighted by molar-refractivity contribution is 0.0735. The first kappa shape index (κ1) is 17.1. The third-order valence-electron chi connectivity index (χ3n) is 3.70. The number of nitriles is 1. The zero-order chi connectivity index (χ0) is 18.4. The molecule has 0 unspecified atom stereocenters. The molecular weight excluding hydrogens is 329 g/mol. The number of carbonyl (C=O) groups is 1. The number of allylic oxidation sites excluding steroid dienone is 1. The van der Waals surface area contributed by atoms with Gasteiger partial charge in [0.2, 0.25) is 0 Å². The molecule has 26 heavy (non-hydrogen) atoms. The number of esters is 1. The quantitative estimate of drug-likeness (QED) is 0.286. The van der Waals surface area contributed by atoms with Crippen molar-refractivity contribution in [3.8, 4) is 11.8 Å². The molecule has 126 valence electrons. The molecule has 0 atom stereocenters. The largest absolute Gasteiger partial charge is 0.423 e. The van der Waals surface area contributed by atoms with E-state index in [4.69, 9.17) is 4.74 Å². The molecule has 0 amide bonds. The van der Waals surface area contributed by atoms with Crippen LogP contribution in [0.25, 0.3) is 11.6 Å². The van der Waals surface area contributed by atoms with Crippen LogP contribution in [-0.2, 0) is 0 Å². The van der Waals surface area contributed by atoms with E-state index < -0.39 is 11.8 Å². The second kappa shape index (κ2) is 7.91. The Morgan fingerprint density at radius 2 is 1.58 bits per heavy atom. The van der Waals surface area contributed by atoms with Crippen LogP contribution < -0.4 is 4.74 Å². The Balaban J connectivity index is 1.78. The summed E-state index contributed by atoms with van der Waals surface area (Å²) < 4.78 is 19.2. The van der Waals surface area contributed by atoms with Gasteiger partial charge in [-0.2, -0.15) is 5.26 Å². The standard InChI is InChI=1S/C22H14FNO2/c23-21-9-5-4-8-20(21)18(15-24)14-16-10-12-19(13-11-16)26-22(25)17-6-2-1-3-7-17/h1-14H/b18-14-. The van der Waals surface area contributed by atoms with Crippen LogP contribution in [0.4, 0.5) is 4.39 Å². The van der Waals surface area contributed by atoms with E-state index in [0.29, 0.717) is 16.9 Å². The van der Waals surface area contributed by atoms with E-state index in [0.717, 1.165) is 0 Å². The third kappa shape index (κ3) is 4.03. The Bertz CT molecular complexity index is 987. The summed E-state index contributed by atoms with van der Waals surface area (Å²) in [4.78, 5) is 12.0. The first-order valence-corrected chi connectivity index (χ1v) is 7.91. The lowest BCUT2D eigenvalue weighted by atomic mass is 10.0. The molecule has 3 aromatic carbocycles. The van der Waals surface area contributed by atoms with Crippen LogP contribution in [0.2, 0.25) is 0 Å². The maximum Gasteiger partial charge on any atom is 0.343 e. The van der Waals surface area contributed by atoms with Crippen LogP contribution in [-0.4, -0.2) is 5.97 Å². The average molecular weight is 343 g/mol. The zero-order valence-corrected chi connectivity index (χ0v) is 13.7. The highest BCUT2D eigenvalue weighted by atomic mass is 19.1. The number of benzene rings is 3. The molecule has 0 saturated heterocycles. The van der Waals surface area contributed by atoms with Gasteiger partial charge < -0.3 is 4.74 Å². The predicted octanol–water partition coefficient (Wildman–Crippen LogP) is 5.11. The minimum Gasteiger partial charge on any atom is -0.423 e. The van der Waals surface area contributed by atoms with E-state index in [9.17, 15) is 14.4 Å². The number of hydrogen-bond donors (Lipinski definition) is 0. The van der Waals surface area contributed by atoms with Crippen LogP contribution in [0.1, 0.15) is 21.5 Å². The molecule has 0 aliphatic heterocycles. The highest BCUT2D eigenvalue weighted by Gasteiger charge is 2.09. The van der Waals surface area contributed by atoms with Gasteiger partial charge in [0.1, 0.15) is 11.6 Å². The summed E-state index contributed by atoms with van der Waals surface area (Å²) in [5.41, 5.74) is 1.62. The van der Waals surface area contributed by atoms with Gasteiger partial charge in [0, 0.05) is 5.56 Å². The highest BCUT2D eigenvalue weighted by Crippen LogP contribution is 2.22. The second-order valence-electron chi connectivity index (χ2n) is 5.47. The molecule has 0 bridgehead atoms. The number of halogens is 1. The summed E-state index contributed by atoms with van der Waals surface area (Å²) in [7, 11) is 0. The lowest BCUT2D eigenvalue weighted by Gasteiger charge is -2.05. The normalized spacial score (nSPS) is 10.8. The van der Waals surface area contributed by atoms with E-state index in [-0.39, 0.29) is 11.1 Å². The maximum atomic E-state index is 13.8. The molecule has 0 spiro atoms. The number of rotatable bonds is 4. The summed E-state index contributed by atoms with van der Waals surface area (Å²) in [6, 6.07) is 23.5. The Morgan fingerprint density at radius 3 is 2.23 bits per heavy atom. The number of ether oxygens (including phenoxy) is 1. The van der Waals surface area contributed by atoms with Crippen molar-refractivity contribution >= 4 is 17.6 Å². The Hall–Kier alpha value is -3.71. The molecule has 0 saturated carbocycles. The zero-order valence-electron chi connectivity index (χ0n) is 13.7. The number of hydrogen-bond acceptors (Lipinski definition) is 3. The first-order valence-electron chi connectivity index (χ1n) is 7.91. The molecule has 3 aromatic rings. The van der Waals surface area contributed by atoms with Gasteiger partial charge in [0.05, 0.1) is 17.2 Å². The van der Waals surface area contributed by atoms with Crippen LogP contribution >= 0.6 is 0 Å². The first-order chi connectivity index (χ1) is 12.7. The van der Waals surface area contributed by atoms with Crippen molar-refractivity contribution < 1.29 is 13.9 Å². The summed E-state index contributed by atoms with van der Waals surface area (Å²) in [5, 5.41) is 9.31. The van der Waals surface area contributed by atoms with E-state index in [1.54, 1.807) is 72.8 Å². The van der Waals surface area contributed by atoms with Gasteiger partial charge in [-0.15, -0.1) is 0 Å². The van der Waals surface area contributed by atoms with Gasteiger partial charge in [-0.1, -0.05) is 48.5 Å². The second-order valence-corrected chi connectivity index (χ2v) is 5.47. The molecule has 3 rings (SSSR count). The molecule has 0 heterocycles. The monoisotopic (exact) mass is 343 g/mol. The number of nitrogens with zero attached hydrogens (tertiary/aromatic N) is 1. The molecular formula is C22H14FNO2. The minimum atomic E-state index is -0.450. The molecule has 0 fully saturated rings. The van der Waals surface area contributed by atoms with E-state index in [1.807, 2.05) is 12.1 Å². The van der Waals surface area contributed by atoms with E-state index in [2.05, 4.69) is 0 Å². The van der Waals surface area contributed by atoms with E-state index >= 15 is 0 Å². The Labute approximate surface area is 150 Å². The van der Waals surface area contributed by atoms with E-state index in [1.165, 1.54) is 6.07 Å². The van der Waals surface area contributed by atoms with Crippen molar-refractivity contribution in [1.29, 1.82) is 5.26 Å². The Kier molecular flexibility index (Phi) is 5.21. The molecule has 0 aromatic heterocycles. The fraction of sp³-hybridized carbons (Fsp3) is 0. The van der Waals surface area contributed by atoms with Crippen LogP contribution in [0, 0.1) is 17.1 Å². The van der Waals surface area contributed by atoms with Crippen LogP contribution in [0.5, 0.6) is 5.75 Å².